The molecule has 0 radical (unpaired) electrons. The lowest BCUT2D eigenvalue weighted by Crippen LogP contribution is -2.37. The van der Waals surface area contributed by atoms with E-state index in [0.29, 0.717) is 19.5 Å². The standard InChI is InChI=1S/C17H18N2O2/c18-16-3-1-2-13-11-19(9-8-15(13)16)17(21)10-12-4-6-14(20)7-5-12/h1-7,20H,8-11,18H2. The summed E-state index contributed by atoms with van der Waals surface area (Å²) < 4.78 is 0. The van der Waals surface area contributed by atoms with Crippen molar-refractivity contribution in [3.8, 4) is 5.75 Å². The quantitative estimate of drug-likeness (QED) is 0.829. The lowest BCUT2D eigenvalue weighted by molar-refractivity contribution is -0.131. The number of rotatable bonds is 2. The minimum atomic E-state index is 0.105. The molecule has 3 rings (SSSR count). The molecule has 21 heavy (non-hydrogen) atoms. The van der Waals surface area contributed by atoms with Crippen molar-refractivity contribution >= 4 is 11.6 Å². The largest absolute Gasteiger partial charge is 0.508 e. The highest BCUT2D eigenvalue weighted by molar-refractivity contribution is 5.79. The van der Waals surface area contributed by atoms with Crippen LogP contribution in [0.15, 0.2) is 42.5 Å². The van der Waals surface area contributed by atoms with Crippen LogP contribution >= 0.6 is 0 Å². The molecule has 2 aromatic carbocycles. The zero-order chi connectivity index (χ0) is 14.8. The van der Waals surface area contributed by atoms with E-state index in [1.165, 1.54) is 5.56 Å². The summed E-state index contributed by atoms with van der Waals surface area (Å²) in [5.74, 6) is 0.322. The molecule has 2 aromatic rings. The van der Waals surface area contributed by atoms with E-state index in [-0.39, 0.29) is 11.7 Å². The molecule has 4 heteroatoms. The van der Waals surface area contributed by atoms with Gasteiger partial charge < -0.3 is 15.7 Å². The molecule has 0 atom stereocenters. The number of phenolic OH excluding ortho intramolecular Hbond substituents is 1. The third-order valence-electron chi connectivity index (χ3n) is 3.95. The predicted octanol–water partition coefficient (Wildman–Crippen LogP) is 2.10. The number of fused-ring (bicyclic) bond motifs is 1. The van der Waals surface area contributed by atoms with E-state index in [4.69, 9.17) is 5.73 Å². The van der Waals surface area contributed by atoms with Crippen molar-refractivity contribution in [1.82, 2.24) is 4.90 Å². The van der Waals surface area contributed by atoms with E-state index in [9.17, 15) is 9.90 Å². The first-order valence-corrected chi connectivity index (χ1v) is 7.05. The Morgan fingerprint density at radius 1 is 1.19 bits per heavy atom. The summed E-state index contributed by atoms with van der Waals surface area (Å²) in [5, 5.41) is 9.27. The molecular formula is C17H18N2O2. The number of phenols is 1. The topological polar surface area (TPSA) is 66.6 Å². The van der Waals surface area contributed by atoms with Crippen LogP contribution in [0.4, 0.5) is 5.69 Å². The lowest BCUT2D eigenvalue weighted by atomic mass is 9.97. The molecule has 0 fully saturated rings. The predicted molar refractivity (Wildman–Crippen MR) is 81.8 cm³/mol. The molecule has 0 aromatic heterocycles. The molecule has 0 spiro atoms. The second-order valence-corrected chi connectivity index (χ2v) is 5.39. The summed E-state index contributed by atoms with van der Waals surface area (Å²) in [7, 11) is 0. The van der Waals surface area contributed by atoms with Gasteiger partial charge in [0.15, 0.2) is 0 Å². The van der Waals surface area contributed by atoms with Gasteiger partial charge in [-0.15, -0.1) is 0 Å². The fourth-order valence-electron chi connectivity index (χ4n) is 2.75. The van der Waals surface area contributed by atoms with Crippen LogP contribution in [0.25, 0.3) is 0 Å². The Hall–Kier alpha value is -2.49. The first-order valence-electron chi connectivity index (χ1n) is 7.05. The molecule has 0 saturated heterocycles. The van der Waals surface area contributed by atoms with Crippen LogP contribution in [0, 0.1) is 0 Å². The normalized spacial score (nSPS) is 13.8. The maximum absolute atomic E-state index is 12.4. The molecule has 0 unspecified atom stereocenters. The van der Waals surface area contributed by atoms with Crippen molar-refractivity contribution in [2.75, 3.05) is 12.3 Å². The maximum Gasteiger partial charge on any atom is 0.227 e. The summed E-state index contributed by atoms with van der Waals surface area (Å²) in [6.45, 7) is 1.33. The van der Waals surface area contributed by atoms with Crippen molar-refractivity contribution in [1.29, 1.82) is 0 Å². The van der Waals surface area contributed by atoms with Gasteiger partial charge in [0.1, 0.15) is 5.75 Å². The molecule has 1 heterocycles. The number of aromatic hydroxyl groups is 1. The number of hydrogen-bond donors (Lipinski definition) is 2. The molecular weight excluding hydrogens is 264 g/mol. The number of carbonyl (C=O) groups excluding carboxylic acids is 1. The molecule has 1 aliphatic rings. The van der Waals surface area contributed by atoms with Gasteiger partial charge >= 0.3 is 0 Å². The van der Waals surface area contributed by atoms with E-state index < -0.39 is 0 Å². The zero-order valence-corrected chi connectivity index (χ0v) is 11.7. The van der Waals surface area contributed by atoms with E-state index in [1.807, 2.05) is 23.1 Å². The summed E-state index contributed by atoms with van der Waals surface area (Å²) >= 11 is 0. The number of hydrogen-bond acceptors (Lipinski definition) is 3. The van der Waals surface area contributed by atoms with Gasteiger partial charge in [0.25, 0.3) is 0 Å². The van der Waals surface area contributed by atoms with Crippen molar-refractivity contribution in [3.05, 3.63) is 59.2 Å². The number of amides is 1. The molecule has 1 amide bonds. The number of carbonyl (C=O) groups is 1. The fraction of sp³-hybridized carbons (Fsp3) is 0.235. The Bertz CT molecular complexity index is 665. The average molecular weight is 282 g/mol. The second kappa shape index (κ2) is 5.48. The number of nitrogen functional groups attached to an aromatic ring is 1. The minimum absolute atomic E-state index is 0.105. The summed E-state index contributed by atoms with van der Waals surface area (Å²) in [4.78, 5) is 14.2. The fourth-order valence-corrected chi connectivity index (χ4v) is 2.75. The molecule has 108 valence electrons. The van der Waals surface area contributed by atoms with Gasteiger partial charge in [-0.3, -0.25) is 4.79 Å². The Morgan fingerprint density at radius 3 is 2.71 bits per heavy atom. The summed E-state index contributed by atoms with van der Waals surface area (Å²) in [6.07, 6.45) is 1.17. The second-order valence-electron chi connectivity index (χ2n) is 5.39. The highest BCUT2D eigenvalue weighted by Crippen LogP contribution is 2.24. The third kappa shape index (κ3) is 2.84. The molecule has 1 aliphatic heterocycles. The number of nitrogens with zero attached hydrogens (tertiary/aromatic N) is 1. The first-order chi connectivity index (χ1) is 10.1. The lowest BCUT2D eigenvalue weighted by Gasteiger charge is -2.29. The van der Waals surface area contributed by atoms with Crippen LogP contribution in [0.2, 0.25) is 0 Å². The molecule has 3 N–H and O–H groups in total. The molecule has 0 aliphatic carbocycles. The van der Waals surface area contributed by atoms with E-state index in [1.54, 1.807) is 24.3 Å². The molecule has 0 saturated carbocycles. The SMILES string of the molecule is Nc1cccc2c1CCN(C(=O)Cc1ccc(O)cc1)C2. The molecule has 4 nitrogen and oxygen atoms in total. The number of anilines is 1. The van der Waals surface area contributed by atoms with Gasteiger partial charge in [-0.1, -0.05) is 24.3 Å². The Morgan fingerprint density at radius 2 is 1.95 bits per heavy atom. The Kier molecular flexibility index (Phi) is 3.52. The monoisotopic (exact) mass is 282 g/mol. The van der Waals surface area contributed by atoms with E-state index in [2.05, 4.69) is 0 Å². The van der Waals surface area contributed by atoms with Gasteiger partial charge in [0.2, 0.25) is 5.91 Å². The van der Waals surface area contributed by atoms with Crippen LogP contribution in [-0.4, -0.2) is 22.5 Å². The highest BCUT2D eigenvalue weighted by atomic mass is 16.3. The van der Waals surface area contributed by atoms with Crippen molar-refractivity contribution in [2.45, 2.75) is 19.4 Å². The van der Waals surface area contributed by atoms with Gasteiger partial charge in [-0.05, 0) is 41.3 Å². The maximum atomic E-state index is 12.4. The zero-order valence-electron chi connectivity index (χ0n) is 11.7. The van der Waals surface area contributed by atoms with Crippen LogP contribution in [-0.2, 0) is 24.2 Å². The average Bonchev–Trinajstić information content (AvgIpc) is 2.49. The summed E-state index contributed by atoms with van der Waals surface area (Å²) in [6, 6.07) is 12.6. The minimum Gasteiger partial charge on any atom is -0.508 e. The van der Waals surface area contributed by atoms with Gasteiger partial charge in [0.05, 0.1) is 6.42 Å². The first kappa shape index (κ1) is 13.5. The van der Waals surface area contributed by atoms with Crippen LogP contribution in [0.5, 0.6) is 5.75 Å². The van der Waals surface area contributed by atoms with Crippen LogP contribution < -0.4 is 5.73 Å². The highest BCUT2D eigenvalue weighted by Gasteiger charge is 2.21. The van der Waals surface area contributed by atoms with Crippen molar-refractivity contribution in [2.24, 2.45) is 0 Å². The third-order valence-corrected chi connectivity index (χ3v) is 3.95. The summed E-state index contributed by atoms with van der Waals surface area (Å²) in [5.41, 5.74) is 10.0. The molecule has 0 bridgehead atoms. The van der Waals surface area contributed by atoms with E-state index >= 15 is 0 Å². The van der Waals surface area contributed by atoms with Gasteiger partial charge in [-0.25, -0.2) is 0 Å². The smallest absolute Gasteiger partial charge is 0.227 e. The van der Waals surface area contributed by atoms with Crippen LogP contribution in [0.3, 0.4) is 0 Å². The Labute approximate surface area is 123 Å². The van der Waals surface area contributed by atoms with Gasteiger partial charge in [-0.2, -0.15) is 0 Å². The number of benzene rings is 2. The number of nitrogens with two attached hydrogens (primary N) is 1. The van der Waals surface area contributed by atoms with E-state index in [0.717, 1.165) is 23.2 Å². The van der Waals surface area contributed by atoms with Gasteiger partial charge in [0, 0.05) is 18.8 Å². The van der Waals surface area contributed by atoms with Crippen LogP contribution in [0.1, 0.15) is 16.7 Å². The van der Waals surface area contributed by atoms with Crippen molar-refractivity contribution < 1.29 is 9.90 Å². The van der Waals surface area contributed by atoms with Crippen molar-refractivity contribution in [3.63, 3.8) is 0 Å². The Balaban J connectivity index is 1.71.